The normalized spacial score (nSPS) is 9.88. The summed E-state index contributed by atoms with van der Waals surface area (Å²) in [5, 5.41) is 9.12. The van der Waals surface area contributed by atoms with Crippen molar-refractivity contribution >= 4 is 27.6 Å². The topological polar surface area (TPSA) is 75.8 Å². The lowest BCUT2D eigenvalue weighted by Gasteiger charge is -2.04. The van der Waals surface area contributed by atoms with Crippen LogP contribution in [-0.4, -0.2) is 30.2 Å². The van der Waals surface area contributed by atoms with E-state index in [1.54, 1.807) is 0 Å². The van der Waals surface area contributed by atoms with Gasteiger partial charge in [0.25, 0.3) is 4.92 Å². The highest BCUT2D eigenvalue weighted by molar-refractivity contribution is 9.10. The number of aliphatic hydroxyl groups is 1. The third-order valence-corrected chi connectivity index (χ3v) is 2.76. The number of ether oxygens (including phenoxy) is 1. The van der Waals surface area contributed by atoms with Gasteiger partial charge in [0.15, 0.2) is 7.11 Å². The van der Waals surface area contributed by atoms with Crippen molar-refractivity contribution in [3.8, 4) is 0 Å². The van der Waals surface area contributed by atoms with Crippen LogP contribution < -0.4 is 0 Å². The maximum Gasteiger partial charge on any atom is 0.339 e. The van der Waals surface area contributed by atoms with Crippen molar-refractivity contribution in [3.05, 3.63) is 32.6 Å². The molecule has 92 valence electrons. The Balaban J connectivity index is 3.37. The minimum absolute atomic E-state index is 0.0543. The molecule has 0 aliphatic heterocycles. The third-order valence-electron chi connectivity index (χ3n) is 2.11. The first-order chi connectivity index (χ1) is 8.04. The first-order valence-corrected chi connectivity index (χ1v) is 5.37. The fraction of sp³-hybridized carbons (Fsp3) is 0.300. The zero-order chi connectivity index (χ0) is 13.0. The van der Waals surface area contributed by atoms with E-state index >= 15 is 0 Å². The second-order valence-electron chi connectivity index (χ2n) is 3.05. The van der Waals surface area contributed by atoms with Crippen LogP contribution in [0.3, 0.4) is 0 Å². The van der Waals surface area contributed by atoms with Crippen LogP contribution in [0, 0.1) is 4.91 Å². The Morgan fingerprint density at radius 3 is 2.59 bits per heavy atom. The van der Waals surface area contributed by atoms with Crippen molar-refractivity contribution in [3.63, 3.8) is 0 Å². The van der Waals surface area contributed by atoms with Crippen LogP contribution in [0.4, 0.5) is 5.69 Å². The molecule has 1 aromatic carbocycles. The van der Waals surface area contributed by atoms with Crippen molar-refractivity contribution in [1.29, 1.82) is 0 Å². The summed E-state index contributed by atoms with van der Waals surface area (Å²) in [6, 6.07) is 2.75. The van der Waals surface area contributed by atoms with Crippen molar-refractivity contribution in [2.75, 3.05) is 14.2 Å². The summed E-state index contributed by atoms with van der Waals surface area (Å²) in [5.41, 5.74) is 0.567. The molecule has 0 atom stereocenters. The third kappa shape index (κ3) is 2.80. The van der Waals surface area contributed by atoms with Crippen LogP contribution in [0.25, 0.3) is 0 Å². The maximum atomic E-state index is 11.4. The van der Waals surface area contributed by atoms with E-state index in [0.717, 1.165) is 0 Å². The van der Waals surface area contributed by atoms with Gasteiger partial charge in [0.2, 0.25) is 0 Å². The Kier molecular flexibility index (Phi) is 4.59. The molecule has 0 amide bonds. The number of halogens is 1. The van der Waals surface area contributed by atoms with E-state index in [9.17, 15) is 9.70 Å². The Bertz CT molecular complexity index is 460. The maximum absolute atomic E-state index is 11.4. The van der Waals surface area contributed by atoms with Gasteiger partial charge in [-0.3, -0.25) is 0 Å². The molecule has 0 aromatic heterocycles. The molecule has 0 bridgehead atoms. The molecular formula is C10H11BrNO5+. The minimum atomic E-state index is -0.591. The van der Waals surface area contributed by atoms with Crippen LogP contribution in [-0.2, 0) is 16.2 Å². The molecule has 0 radical (unpaired) electrons. The van der Waals surface area contributed by atoms with Gasteiger partial charge in [-0.1, -0.05) is 0 Å². The van der Waals surface area contributed by atoms with Crippen LogP contribution >= 0.6 is 15.9 Å². The van der Waals surface area contributed by atoms with E-state index in [0.29, 0.717) is 10.0 Å². The van der Waals surface area contributed by atoms with Gasteiger partial charge in [0.05, 0.1) is 29.8 Å². The predicted molar refractivity (Wildman–Crippen MR) is 61.7 cm³/mol. The van der Waals surface area contributed by atoms with E-state index < -0.39 is 5.97 Å². The van der Waals surface area contributed by atoms with Crippen LogP contribution in [0.15, 0.2) is 16.6 Å². The molecule has 1 N–H and O–H groups in total. The number of nitrogens with zero attached hydrogens (tertiary/aromatic N) is 1. The number of esters is 1. The van der Waals surface area contributed by atoms with E-state index in [-0.39, 0.29) is 22.8 Å². The van der Waals surface area contributed by atoms with Gasteiger partial charge in [-0.05, 0) is 22.0 Å². The van der Waals surface area contributed by atoms with Crippen LogP contribution in [0.5, 0.6) is 0 Å². The molecule has 0 unspecified atom stereocenters. The van der Waals surface area contributed by atoms with Crippen molar-refractivity contribution in [2.24, 2.45) is 0 Å². The predicted octanol–water partition coefficient (Wildman–Crippen LogP) is 1.70. The molecule has 1 rings (SSSR count). The molecule has 0 heterocycles. The van der Waals surface area contributed by atoms with Gasteiger partial charge in [0, 0.05) is 10.5 Å². The van der Waals surface area contributed by atoms with Gasteiger partial charge in [-0.2, -0.15) is 0 Å². The van der Waals surface area contributed by atoms with Gasteiger partial charge in [-0.15, -0.1) is 0 Å². The number of rotatable bonds is 4. The summed E-state index contributed by atoms with van der Waals surface area (Å²) in [4.78, 5) is 27.5. The molecule has 6 nitrogen and oxygen atoms in total. The van der Waals surface area contributed by atoms with Gasteiger partial charge >= 0.3 is 11.7 Å². The molecular weight excluding hydrogens is 294 g/mol. The van der Waals surface area contributed by atoms with E-state index in [4.69, 9.17) is 5.11 Å². The Morgan fingerprint density at radius 2 is 2.12 bits per heavy atom. The summed E-state index contributed by atoms with van der Waals surface area (Å²) in [7, 11) is 2.42. The molecule has 0 spiro atoms. The Labute approximate surface area is 106 Å². The van der Waals surface area contributed by atoms with Gasteiger partial charge in [0.1, 0.15) is 0 Å². The molecule has 0 aliphatic carbocycles. The Hall–Kier alpha value is -1.47. The summed E-state index contributed by atoms with van der Waals surface area (Å²) < 4.78 is 5.00. The number of carbonyl (C=O) groups excluding carboxylic acids is 1. The largest absolute Gasteiger partial charge is 0.465 e. The second kappa shape index (κ2) is 5.74. The molecule has 0 fully saturated rings. The van der Waals surface area contributed by atoms with Crippen molar-refractivity contribution < 1.29 is 24.4 Å². The first kappa shape index (κ1) is 13.6. The number of hydrogen-bond acceptors (Lipinski definition) is 5. The van der Waals surface area contributed by atoms with Crippen LogP contribution in [0.2, 0.25) is 0 Å². The number of methoxy groups -OCH3 is 1. The quantitative estimate of drug-likeness (QED) is 0.677. The van der Waals surface area contributed by atoms with Gasteiger partial charge < -0.3 is 9.84 Å². The number of aliphatic hydroxyl groups excluding tert-OH is 1. The van der Waals surface area contributed by atoms with Crippen LogP contribution in [0.1, 0.15) is 15.9 Å². The van der Waals surface area contributed by atoms with E-state index in [1.807, 2.05) is 0 Å². The molecule has 1 aromatic rings. The molecule has 7 heteroatoms. The smallest absolute Gasteiger partial charge is 0.339 e. The van der Waals surface area contributed by atoms with Crippen molar-refractivity contribution in [2.45, 2.75) is 6.61 Å². The SMILES string of the molecule is COC(=O)c1cc([N+](=O)OC)c(CO)cc1Br. The average molecular weight is 305 g/mol. The second-order valence-corrected chi connectivity index (χ2v) is 3.90. The summed E-state index contributed by atoms with van der Waals surface area (Å²) in [6.07, 6.45) is 0. The summed E-state index contributed by atoms with van der Waals surface area (Å²) in [6.45, 7) is -0.350. The minimum Gasteiger partial charge on any atom is -0.465 e. The summed E-state index contributed by atoms with van der Waals surface area (Å²) >= 11 is 3.16. The molecule has 0 aliphatic rings. The highest BCUT2D eigenvalue weighted by atomic mass is 79.9. The fourth-order valence-corrected chi connectivity index (χ4v) is 1.82. The van der Waals surface area contributed by atoms with Crippen molar-refractivity contribution in [1.82, 2.24) is 0 Å². The standard InChI is InChI=1S/C10H11BrNO5/c1-16-10(14)7-4-9(12(15)17-2)6(5-13)3-8(7)11/h3-4,13H,5H2,1-2H3/q+1. The van der Waals surface area contributed by atoms with E-state index in [1.165, 1.54) is 26.4 Å². The lowest BCUT2D eigenvalue weighted by atomic mass is 10.1. The van der Waals surface area contributed by atoms with Gasteiger partial charge in [-0.25, -0.2) is 9.63 Å². The zero-order valence-corrected chi connectivity index (χ0v) is 10.9. The number of hydrogen-bond donors (Lipinski definition) is 1. The first-order valence-electron chi connectivity index (χ1n) is 4.58. The lowest BCUT2D eigenvalue weighted by molar-refractivity contribution is -0.737. The lowest BCUT2D eigenvalue weighted by Crippen LogP contribution is -2.07. The zero-order valence-electron chi connectivity index (χ0n) is 9.27. The average Bonchev–Trinajstić information content (AvgIpc) is 2.36. The monoisotopic (exact) mass is 304 g/mol. The number of benzene rings is 1. The fourth-order valence-electron chi connectivity index (χ4n) is 1.26. The Morgan fingerprint density at radius 1 is 1.47 bits per heavy atom. The highest BCUT2D eigenvalue weighted by Crippen LogP contribution is 2.28. The highest BCUT2D eigenvalue weighted by Gasteiger charge is 2.25. The summed E-state index contributed by atoms with van der Waals surface area (Å²) in [5.74, 6) is -0.591. The molecule has 0 saturated heterocycles. The van der Waals surface area contributed by atoms with E-state index in [2.05, 4.69) is 25.5 Å². The molecule has 17 heavy (non-hydrogen) atoms. The molecule has 0 saturated carbocycles. The number of carbonyl (C=O) groups is 1.